The number of hydrogen-bond acceptors (Lipinski definition) is 2. The van der Waals surface area contributed by atoms with E-state index in [1.165, 1.54) is 17.0 Å². The van der Waals surface area contributed by atoms with E-state index in [4.69, 9.17) is 4.74 Å². The first-order valence-corrected chi connectivity index (χ1v) is 7.49. The van der Waals surface area contributed by atoms with Crippen LogP contribution in [0.2, 0.25) is 0 Å². The van der Waals surface area contributed by atoms with Crippen LogP contribution in [-0.4, -0.2) is 32.2 Å². The van der Waals surface area contributed by atoms with Crippen molar-refractivity contribution in [3.8, 4) is 0 Å². The van der Waals surface area contributed by atoms with Crippen LogP contribution in [-0.2, 0) is 10.2 Å². The Morgan fingerprint density at radius 1 is 1.24 bits per heavy atom. The highest BCUT2D eigenvalue weighted by molar-refractivity contribution is 5.89. The van der Waals surface area contributed by atoms with Crippen molar-refractivity contribution in [2.75, 3.05) is 20.1 Å². The minimum absolute atomic E-state index is 0. The summed E-state index contributed by atoms with van der Waals surface area (Å²) in [6.45, 7) is 8.60. The van der Waals surface area contributed by atoms with Gasteiger partial charge in [0.25, 0.3) is 0 Å². The van der Waals surface area contributed by atoms with Crippen molar-refractivity contribution < 1.29 is 26.8 Å². The molecule has 1 aliphatic rings. The Morgan fingerprint density at radius 3 is 2.38 bits per heavy atom. The standard InChI is InChI=1S/C17H25NO2.ClH/c1-17(2,3)14-9-7-13(8-10-14)16(19)20-15-6-5-11-18(4)12-15;/h7-10,15H,5-6,11-12H2,1-4H3;1H. The molecule has 0 bridgehead atoms. The van der Waals surface area contributed by atoms with Gasteiger partial charge in [-0.2, -0.15) is 0 Å². The first-order valence-electron chi connectivity index (χ1n) is 7.49. The molecule has 1 saturated heterocycles. The molecule has 2 atom stereocenters. The zero-order chi connectivity index (χ0) is 14.8. The molecule has 0 radical (unpaired) electrons. The summed E-state index contributed by atoms with van der Waals surface area (Å²) < 4.78 is 5.61. The minimum Gasteiger partial charge on any atom is -1.00 e. The lowest BCUT2D eigenvalue weighted by Gasteiger charge is -2.26. The second kappa shape index (κ2) is 7.28. The summed E-state index contributed by atoms with van der Waals surface area (Å²) in [7, 11) is 2.15. The Labute approximate surface area is 134 Å². The molecule has 21 heavy (non-hydrogen) atoms. The Hall–Kier alpha value is -1.06. The molecule has 0 spiro atoms. The molecular formula is C17H26ClNO2. The van der Waals surface area contributed by atoms with Gasteiger partial charge in [0.1, 0.15) is 6.54 Å². The third-order valence-electron chi connectivity index (χ3n) is 3.97. The third-order valence-corrected chi connectivity index (χ3v) is 3.97. The van der Waals surface area contributed by atoms with Gasteiger partial charge in [-0.25, -0.2) is 4.79 Å². The fourth-order valence-corrected chi connectivity index (χ4v) is 2.65. The van der Waals surface area contributed by atoms with E-state index in [2.05, 4.69) is 27.8 Å². The SMILES string of the molecule is C[NH+]1CCCC(OC(=O)c2ccc(C(C)(C)C)cc2)C1.[Cl-]. The predicted octanol–water partition coefficient (Wildman–Crippen LogP) is -1.18. The molecule has 2 rings (SSSR count). The lowest BCUT2D eigenvalue weighted by molar-refractivity contribution is -0.888. The number of esters is 1. The van der Waals surface area contributed by atoms with Crippen LogP contribution >= 0.6 is 0 Å². The number of likely N-dealkylation sites (N-methyl/N-ethyl adjacent to an activating group) is 1. The number of nitrogens with one attached hydrogen (secondary N) is 1. The summed E-state index contributed by atoms with van der Waals surface area (Å²) in [5.41, 5.74) is 2.00. The van der Waals surface area contributed by atoms with Gasteiger partial charge >= 0.3 is 5.97 Å². The number of halogens is 1. The number of carbonyl (C=O) groups is 1. The highest BCUT2D eigenvalue weighted by Crippen LogP contribution is 2.22. The van der Waals surface area contributed by atoms with Crippen LogP contribution in [0.1, 0.15) is 49.5 Å². The van der Waals surface area contributed by atoms with Crippen LogP contribution < -0.4 is 17.3 Å². The average Bonchev–Trinajstić information content (AvgIpc) is 2.38. The molecule has 0 amide bonds. The lowest BCUT2D eigenvalue weighted by atomic mass is 9.87. The summed E-state index contributed by atoms with van der Waals surface area (Å²) >= 11 is 0. The zero-order valence-electron chi connectivity index (χ0n) is 13.4. The molecule has 0 aliphatic carbocycles. The summed E-state index contributed by atoms with van der Waals surface area (Å²) in [5.74, 6) is -0.190. The molecular weight excluding hydrogens is 286 g/mol. The second-order valence-corrected chi connectivity index (χ2v) is 6.91. The number of ether oxygens (including phenoxy) is 1. The van der Waals surface area contributed by atoms with Gasteiger partial charge in [-0.1, -0.05) is 32.9 Å². The maximum Gasteiger partial charge on any atom is 0.338 e. The van der Waals surface area contributed by atoms with Crippen molar-refractivity contribution in [1.29, 1.82) is 0 Å². The van der Waals surface area contributed by atoms with Gasteiger partial charge in [0.05, 0.1) is 19.2 Å². The molecule has 1 fully saturated rings. The van der Waals surface area contributed by atoms with Crippen LogP contribution in [0.4, 0.5) is 0 Å². The number of rotatable bonds is 2. The fourth-order valence-electron chi connectivity index (χ4n) is 2.65. The Kier molecular flexibility index (Phi) is 6.24. The van der Waals surface area contributed by atoms with E-state index in [1.807, 2.05) is 24.3 Å². The van der Waals surface area contributed by atoms with Gasteiger partial charge in [-0.05, 0) is 29.5 Å². The van der Waals surface area contributed by atoms with Gasteiger partial charge < -0.3 is 22.0 Å². The molecule has 1 aliphatic heterocycles. The van der Waals surface area contributed by atoms with Crippen LogP contribution in [0, 0.1) is 0 Å². The minimum atomic E-state index is -0.190. The molecule has 1 aromatic rings. The fraction of sp³-hybridized carbons (Fsp3) is 0.588. The molecule has 1 heterocycles. The van der Waals surface area contributed by atoms with E-state index >= 15 is 0 Å². The van der Waals surface area contributed by atoms with Crippen LogP contribution in [0.5, 0.6) is 0 Å². The molecule has 1 N–H and O–H groups in total. The maximum absolute atomic E-state index is 12.1. The monoisotopic (exact) mass is 311 g/mol. The van der Waals surface area contributed by atoms with Crippen molar-refractivity contribution in [2.45, 2.75) is 45.1 Å². The van der Waals surface area contributed by atoms with E-state index in [0.717, 1.165) is 19.4 Å². The van der Waals surface area contributed by atoms with Gasteiger partial charge in [-0.15, -0.1) is 0 Å². The van der Waals surface area contributed by atoms with Gasteiger partial charge in [-0.3, -0.25) is 0 Å². The number of benzene rings is 1. The van der Waals surface area contributed by atoms with Crippen molar-refractivity contribution in [1.82, 2.24) is 0 Å². The van der Waals surface area contributed by atoms with E-state index in [1.54, 1.807) is 0 Å². The highest BCUT2D eigenvalue weighted by Gasteiger charge is 2.24. The van der Waals surface area contributed by atoms with Gasteiger partial charge in [0.2, 0.25) is 0 Å². The van der Waals surface area contributed by atoms with E-state index in [0.29, 0.717) is 5.56 Å². The van der Waals surface area contributed by atoms with E-state index in [-0.39, 0.29) is 29.9 Å². The van der Waals surface area contributed by atoms with Crippen LogP contribution in [0.15, 0.2) is 24.3 Å². The molecule has 3 nitrogen and oxygen atoms in total. The Morgan fingerprint density at radius 2 is 1.86 bits per heavy atom. The van der Waals surface area contributed by atoms with Crippen molar-refractivity contribution in [3.05, 3.63) is 35.4 Å². The van der Waals surface area contributed by atoms with Crippen LogP contribution in [0.3, 0.4) is 0 Å². The molecule has 4 heteroatoms. The topological polar surface area (TPSA) is 30.7 Å². The third kappa shape index (κ3) is 5.01. The summed E-state index contributed by atoms with van der Waals surface area (Å²) in [5, 5.41) is 0. The van der Waals surface area contributed by atoms with E-state index in [9.17, 15) is 4.79 Å². The number of piperidine rings is 1. The number of likely N-dealkylation sites (tertiary alicyclic amines) is 1. The van der Waals surface area contributed by atoms with Crippen molar-refractivity contribution in [2.24, 2.45) is 0 Å². The quantitative estimate of drug-likeness (QED) is 0.697. The second-order valence-electron chi connectivity index (χ2n) is 6.91. The molecule has 0 saturated carbocycles. The molecule has 2 unspecified atom stereocenters. The average molecular weight is 312 g/mol. The predicted molar refractivity (Wildman–Crippen MR) is 80.2 cm³/mol. The van der Waals surface area contributed by atoms with Gasteiger partial charge in [0, 0.05) is 6.42 Å². The Balaban J connectivity index is 0.00000220. The summed E-state index contributed by atoms with van der Waals surface area (Å²) in [6, 6.07) is 7.80. The van der Waals surface area contributed by atoms with Crippen molar-refractivity contribution >= 4 is 5.97 Å². The first kappa shape index (κ1) is 18.0. The van der Waals surface area contributed by atoms with Gasteiger partial charge in [0.15, 0.2) is 6.10 Å². The Bertz CT molecular complexity index is 465. The van der Waals surface area contributed by atoms with Crippen molar-refractivity contribution in [3.63, 3.8) is 0 Å². The number of carbonyl (C=O) groups excluding carboxylic acids is 1. The lowest BCUT2D eigenvalue weighted by Crippen LogP contribution is -3.11. The van der Waals surface area contributed by atoms with E-state index < -0.39 is 0 Å². The number of hydrogen-bond donors (Lipinski definition) is 1. The van der Waals surface area contributed by atoms with Crippen LogP contribution in [0.25, 0.3) is 0 Å². The maximum atomic E-state index is 12.1. The first-order chi connectivity index (χ1) is 9.36. The zero-order valence-corrected chi connectivity index (χ0v) is 14.2. The largest absolute Gasteiger partial charge is 1.00 e. The number of quaternary nitrogens is 1. The normalized spacial score (nSPS) is 22.3. The molecule has 1 aromatic carbocycles. The molecule has 118 valence electrons. The summed E-state index contributed by atoms with van der Waals surface area (Å²) in [4.78, 5) is 13.6. The molecule has 0 aromatic heterocycles. The summed E-state index contributed by atoms with van der Waals surface area (Å²) in [6.07, 6.45) is 2.19. The smallest absolute Gasteiger partial charge is 0.338 e. The highest BCUT2D eigenvalue weighted by atomic mass is 35.5.